The third kappa shape index (κ3) is 3.31. The van der Waals surface area contributed by atoms with Gasteiger partial charge in [-0.05, 0) is 32.9 Å². The Morgan fingerprint density at radius 2 is 2.11 bits per heavy atom. The predicted octanol–water partition coefficient (Wildman–Crippen LogP) is 3.68. The van der Waals surface area contributed by atoms with Crippen LogP contribution in [0.1, 0.15) is 33.2 Å². The number of benzene rings is 1. The van der Waals surface area contributed by atoms with Crippen LogP contribution < -0.4 is 10.9 Å². The summed E-state index contributed by atoms with van der Waals surface area (Å²) in [5, 5.41) is 8.75. The highest BCUT2D eigenvalue weighted by Crippen LogP contribution is 2.34. The Hall–Kier alpha value is -2.32. The summed E-state index contributed by atoms with van der Waals surface area (Å²) in [5.74, 6) is 0.428. The van der Waals surface area contributed by atoms with Crippen molar-refractivity contribution < 1.29 is 4.79 Å². The largest absolute Gasteiger partial charge is 0.325 e. The fourth-order valence-corrected chi connectivity index (χ4v) is 4.56. The Kier molecular flexibility index (Phi) is 4.71. The van der Waals surface area contributed by atoms with Crippen LogP contribution in [-0.2, 0) is 10.3 Å². The number of hydrogen-bond donors (Lipinski definition) is 1. The molecule has 7 nitrogen and oxygen atoms in total. The Bertz CT molecular complexity index is 1130. The quantitative estimate of drug-likeness (QED) is 0.657. The number of carbonyl (C=O) groups is 1. The molecule has 1 aliphatic heterocycles. The van der Waals surface area contributed by atoms with Crippen molar-refractivity contribution in [1.82, 2.24) is 19.3 Å². The van der Waals surface area contributed by atoms with Crippen molar-refractivity contribution in [3.05, 3.63) is 45.8 Å². The topological polar surface area (TPSA) is 81.8 Å². The van der Waals surface area contributed by atoms with Crippen LogP contribution >= 0.6 is 23.4 Å². The maximum atomic E-state index is 13.1. The van der Waals surface area contributed by atoms with Crippen molar-refractivity contribution in [3.63, 3.8) is 0 Å². The van der Waals surface area contributed by atoms with E-state index in [1.165, 1.54) is 11.8 Å². The normalized spacial score (nSPS) is 16.4. The number of fused-ring (bicyclic) bond motifs is 2. The number of hydrogen-bond acceptors (Lipinski definition) is 5. The summed E-state index contributed by atoms with van der Waals surface area (Å²) in [6, 6.07) is 6.81. The van der Waals surface area contributed by atoms with Gasteiger partial charge in [0.2, 0.25) is 5.91 Å². The molecule has 0 aliphatic carbocycles. The lowest BCUT2D eigenvalue weighted by Gasteiger charge is -2.20. The smallest absolute Gasteiger partial charge is 0.265 e. The Morgan fingerprint density at radius 3 is 2.82 bits per heavy atom. The predicted molar refractivity (Wildman–Crippen MR) is 111 cm³/mol. The zero-order valence-corrected chi connectivity index (χ0v) is 17.3. The van der Waals surface area contributed by atoms with Gasteiger partial charge in [0.05, 0.1) is 28.5 Å². The first-order valence-electron chi connectivity index (χ1n) is 8.93. The number of amides is 1. The van der Waals surface area contributed by atoms with Crippen LogP contribution in [0.3, 0.4) is 0 Å². The lowest BCUT2D eigenvalue weighted by Crippen LogP contribution is -2.29. The summed E-state index contributed by atoms with van der Waals surface area (Å²) in [7, 11) is 0. The minimum atomic E-state index is -0.280. The number of aromatic nitrogens is 4. The number of nitrogens with zero attached hydrogens (tertiary/aromatic N) is 4. The van der Waals surface area contributed by atoms with Crippen LogP contribution in [0.5, 0.6) is 0 Å². The van der Waals surface area contributed by atoms with Crippen LogP contribution in [-0.4, -0.2) is 31.0 Å². The van der Waals surface area contributed by atoms with Crippen molar-refractivity contribution in [2.75, 3.05) is 11.1 Å². The highest BCUT2D eigenvalue weighted by molar-refractivity contribution is 7.99. The molecule has 1 N–H and O–H groups in total. The molecule has 2 aromatic heterocycles. The third-order valence-electron chi connectivity index (χ3n) is 4.58. The fraction of sp³-hybridized carbons (Fsp3) is 0.368. The van der Waals surface area contributed by atoms with Crippen LogP contribution in [0.25, 0.3) is 11.0 Å². The number of rotatable bonds is 3. The van der Waals surface area contributed by atoms with E-state index in [4.69, 9.17) is 11.6 Å². The molecule has 28 heavy (non-hydrogen) atoms. The average Bonchev–Trinajstić information content (AvgIpc) is 3.22. The van der Waals surface area contributed by atoms with Gasteiger partial charge < -0.3 is 5.32 Å². The van der Waals surface area contributed by atoms with Crippen molar-refractivity contribution in [2.45, 2.75) is 43.9 Å². The molecule has 1 amide bonds. The molecular formula is C19H20ClN5O2S. The number of halogens is 1. The summed E-state index contributed by atoms with van der Waals surface area (Å²) in [4.78, 5) is 30.3. The molecule has 4 rings (SSSR count). The SMILES string of the molecule is CC(C)(C)n1ncc2c(=O)n3c(nc21)SCC3CC(=O)Nc1ccccc1Cl. The van der Waals surface area contributed by atoms with Crippen molar-refractivity contribution in [2.24, 2.45) is 0 Å². The lowest BCUT2D eigenvalue weighted by atomic mass is 10.1. The number of nitrogens with one attached hydrogen (secondary N) is 1. The van der Waals surface area contributed by atoms with Crippen molar-refractivity contribution in [3.8, 4) is 0 Å². The molecule has 3 heterocycles. The summed E-state index contributed by atoms with van der Waals surface area (Å²) in [5.41, 5.74) is 0.707. The van der Waals surface area contributed by atoms with Gasteiger partial charge in [0, 0.05) is 12.2 Å². The number of thioether (sulfide) groups is 1. The van der Waals surface area contributed by atoms with Crippen molar-refractivity contribution in [1.29, 1.82) is 0 Å². The van der Waals surface area contributed by atoms with Gasteiger partial charge in [-0.25, -0.2) is 9.67 Å². The van der Waals surface area contributed by atoms with Crippen LogP contribution in [0, 0.1) is 0 Å². The molecule has 0 fully saturated rings. The van der Waals surface area contributed by atoms with E-state index < -0.39 is 0 Å². The van der Waals surface area contributed by atoms with E-state index in [-0.39, 0.29) is 29.5 Å². The molecule has 1 aromatic carbocycles. The third-order valence-corrected chi connectivity index (χ3v) is 6.00. The van der Waals surface area contributed by atoms with E-state index in [1.807, 2.05) is 20.8 Å². The van der Waals surface area contributed by atoms with E-state index in [1.54, 1.807) is 39.7 Å². The molecule has 3 aromatic rings. The molecular weight excluding hydrogens is 398 g/mol. The van der Waals surface area contributed by atoms with Crippen LogP contribution in [0.4, 0.5) is 5.69 Å². The van der Waals surface area contributed by atoms with E-state index in [0.717, 1.165) is 0 Å². The maximum absolute atomic E-state index is 13.1. The second kappa shape index (κ2) is 6.93. The Labute approximate surface area is 171 Å². The maximum Gasteiger partial charge on any atom is 0.265 e. The van der Waals surface area contributed by atoms with Gasteiger partial charge in [0.25, 0.3) is 5.56 Å². The second-order valence-electron chi connectivity index (χ2n) is 7.73. The molecule has 0 saturated heterocycles. The molecule has 1 atom stereocenters. The molecule has 0 saturated carbocycles. The monoisotopic (exact) mass is 417 g/mol. The standard InChI is InChI=1S/C19H20ClN5O2S/c1-19(2,3)25-16-12(9-21-25)17(27)24-11(10-28-18(24)23-16)8-15(26)22-14-7-5-4-6-13(14)20/h4-7,9,11H,8,10H2,1-3H3,(H,22,26). The Morgan fingerprint density at radius 1 is 1.36 bits per heavy atom. The number of carbonyl (C=O) groups excluding carboxylic acids is 1. The van der Waals surface area contributed by atoms with Gasteiger partial charge >= 0.3 is 0 Å². The zero-order chi connectivity index (χ0) is 20.1. The first-order valence-corrected chi connectivity index (χ1v) is 10.3. The van der Waals surface area contributed by atoms with Crippen LogP contribution in [0.2, 0.25) is 5.02 Å². The highest BCUT2D eigenvalue weighted by Gasteiger charge is 2.30. The van der Waals surface area contributed by atoms with Gasteiger partial charge in [0.15, 0.2) is 10.8 Å². The zero-order valence-electron chi connectivity index (χ0n) is 15.8. The van der Waals surface area contributed by atoms with E-state index in [0.29, 0.717) is 32.7 Å². The fourth-order valence-electron chi connectivity index (χ4n) is 3.25. The summed E-state index contributed by atoms with van der Waals surface area (Å²) in [6.07, 6.45) is 1.73. The first-order chi connectivity index (χ1) is 13.3. The molecule has 0 spiro atoms. The van der Waals surface area contributed by atoms with Gasteiger partial charge in [0.1, 0.15) is 5.39 Å². The lowest BCUT2D eigenvalue weighted by molar-refractivity contribution is -0.116. The van der Waals surface area contributed by atoms with Gasteiger partial charge in [-0.3, -0.25) is 14.2 Å². The van der Waals surface area contributed by atoms with E-state index in [9.17, 15) is 9.59 Å². The minimum Gasteiger partial charge on any atom is -0.325 e. The minimum absolute atomic E-state index is 0.156. The van der Waals surface area contributed by atoms with E-state index in [2.05, 4.69) is 15.4 Å². The average molecular weight is 418 g/mol. The Balaban J connectivity index is 1.63. The van der Waals surface area contributed by atoms with Gasteiger partial charge in [-0.1, -0.05) is 35.5 Å². The van der Waals surface area contributed by atoms with Crippen LogP contribution in [0.15, 0.2) is 40.4 Å². The van der Waals surface area contributed by atoms with Gasteiger partial charge in [-0.15, -0.1) is 0 Å². The molecule has 9 heteroatoms. The summed E-state index contributed by atoms with van der Waals surface area (Å²) in [6.45, 7) is 6.04. The number of para-hydroxylation sites is 1. The van der Waals surface area contributed by atoms with Crippen molar-refractivity contribution >= 4 is 46.0 Å². The van der Waals surface area contributed by atoms with E-state index >= 15 is 0 Å². The molecule has 146 valence electrons. The molecule has 0 radical (unpaired) electrons. The number of anilines is 1. The first kappa shape index (κ1) is 19.0. The van der Waals surface area contributed by atoms with Gasteiger partial charge in [-0.2, -0.15) is 5.10 Å². The summed E-state index contributed by atoms with van der Waals surface area (Å²) >= 11 is 7.59. The molecule has 1 unspecified atom stereocenters. The second-order valence-corrected chi connectivity index (χ2v) is 9.13. The highest BCUT2D eigenvalue weighted by atomic mass is 35.5. The summed E-state index contributed by atoms with van der Waals surface area (Å²) < 4.78 is 3.39. The molecule has 1 aliphatic rings. The molecule has 0 bridgehead atoms.